The van der Waals surface area contributed by atoms with Crippen LogP contribution in [0.3, 0.4) is 0 Å². The van der Waals surface area contributed by atoms with Gasteiger partial charge in [-0.25, -0.2) is 4.98 Å². The van der Waals surface area contributed by atoms with Gasteiger partial charge in [-0.1, -0.05) is 61.9 Å². The molecule has 3 N–H and O–H groups in total. The predicted octanol–water partition coefficient (Wildman–Crippen LogP) is 8.81. The van der Waals surface area contributed by atoms with Crippen molar-refractivity contribution < 1.29 is 28.5 Å². The van der Waals surface area contributed by atoms with E-state index in [0.717, 1.165) is 95.3 Å². The lowest BCUT2D eigenvalue weighted by atomic mass is 9.92. The zero-order valence-corrected chi connectivity index (χ0v) is 35.2. The number of pyridine rings is 1. The Bertz CT molecular complexity index is 2420. The number of rotatable bonds is 17. The number of imide groups is 1. The SMILES string of the molecule is Cc1noc(C)c1-c1ccn2c(NC3CCCCC3)c(CCc3ccc(NC(=O)CCCCCCCNc4cccc5c4C(=O)N(C4CCC(=O)CC4=O)C5=O)cc3)nc2c1. The van der Waals surface area contributed by atoms with E-state index in [4.69, 9.17) is 9.51 Å². The number of imidazole rings is 1. The summed E-state index contributed by atoms with van der Waals surface area (Å²) >= 11 is 0. The lowest BCUT2D eigenvalue weighted by Gasteiger charge is -2.27. The van der Waals surface area contributed by atoms with Crippen molar-refractivity contribution in [1.82, 2.24) is 19.4 Å². The van der Waals surface area contributed by atoms with Gasteiger partial charge in [-0.3, -0.25) is 33.3 Å². The molecule has 318 valence electrons. The van der Waals surface area contributed by atoms with E-state index in [2.05, 4.69) is 56.0 Å². The Morgan fingerprint density at radius 1 is 0.852 bits per heavy atom. The first kappa shape index (κ1) is 41.6. The van der Waals surface area contributed by atoms with Crippen LogP contribution in [0.25, 0.3) is 16.8 Å². The number of anilines is 3. The smallest absolute Gasteiger partial charge is 0.264 e. The molecule has 3 amide bonds. The number of unbranched alkanes of at least 4 members (excludes halogenated alkanes) is 4. The van der Waals surface area contributed by atoms with Crippen LogP contribution in [0, 0.1) is 13.8 Å². The van der Waals surface area contributed by atoms with E-state index in [1.165, 1.54) is 37.7 Å². The second-order valence-corrected chi connectivity index (χ2v) is 16.9. The number of benzene rings is 2. The zero-order chi connectivity index (χ0) is 42.5. The van der Waals surface area contributed by atoms with Gasteiger partial charge in [0.1, 0.15) is 23.0 Å². The standard InChI is InChI=1S/C48H55N7O6/c1-30-44(31(2)61-53-30)33-25-27-54-42(28-33)52-39(46(54)51-34-12-7-6-8-13-34)23-19-32-17-20-35(21-18-32)50-43(58)16-9-4-3-5-10-26-49-38-15-11-14-37-45(38)48(60)55(47(37)59)40-24-22-36(56)29-41(40)57/h11,14-15,17-18,20-21,25,27-28,34,40,49,51H,3-10,12-13,16,19,22-24,26,29H2,1-2H3,(H,50,58). The molecule has 2 fully saturated rings. The molecule has 1 unspecified atom stereocenters. The summed E-state index contributed by atoms with van der Waals surface area (Å²) in [6, 6.07) is 17.0. The minimum Gasteiger partial charge on any atom is -0.384 e. The number of hydrogen-bond donors (Lipinski definition) is 3. The number of aryl methyl sites for hydroxylation is 4. The molecule has 0 saturated heterocycles. The van der Waals surface area contributed by atoms with Crippen LogP contribution in [0.5, 0.6) is 0 Å². The molecule has 4 heterocycles. The summed E-state index contributed by atoms with van der Waals surface area (Å²) in [5.41, 5.74) is 8.00. The van der Waals surface area contributed by atoms with E-state index in [0.29, 0.717) is 30.3 Å². The summed E-state index contributed by atoms with van der Waals surface area (Å²) in [5.74, 6) is 0.384. The highest BCUT2D eigenvalue weighted by Gasteiger charge is 2.45. The van der Waals surface area contributed by atoms with Gasteiger partial charge in [0, 0.05) is 48.6 Å². The van der Waals surface area contributed by atoms with Crippen molar-refractivity contribution >= 4 is 52.1 Å². The molecule has 8 rings (SSSR count). The lowest BCUT2D eigenvalue weighted by molar-refractivity contribution is -0.132. The van der Waals surface area contributed by atoms with Gasteiger partial charge in [0.05, 0.1) is 35.0 Å². The van der Waals surface area contributed by atoms with Crippen molar-refractivity contribution in [3.8, 4) is 11.1 Å². The molecule has 61 heavy (non-hydrogen) atoms. The number of Topliss-reactive ketones (excluding diaryl/α,β-unsaturated/α-hetero) is 2. The molecular formula is C48H55N7O6. The van der Waals surface area contributed by atoms with Crippen molar-refractivity contribution in [2.24, 2.45) is 0 Å². The van der Waals surface area contributed by atoms with Gasteiger partial charge in [0.25, 0.3) is 11.8 Å². The normalized spacial score (nSPS) is 17.0. The van der Waals surface area contributed by atoms with E-state index in [-0.39, 0.29) is 42.3 Å². The Hall–Kier alpha value is -6.11. The summed E-state index contributed by atoms with van der Waals surface area (Å²) in [6.07, 6.45) is 14.9. The molecule has 3 aliphatic rings. The average molecular weight is 826 g/mol. The number of aromatic nitrogens is 3. The maximum absolute atomic E-state index is 13.3. The summed E-state index contributed by atoms with van der Waals surface area (Å²) < 4.78 is 7.62. The van der Waals surface area contributed by atoms with Crippen LogP contribution in [-0.2, 0) is 27.2 Å². The molecule has 1 atom stereocenters. The molecule has 2 aromatic carbocycles. The molecule has 0 spiro atoms. The lowest BCUT2D eigenvalue weighted by Crippen LogP contribution is -2.47. The first-order valence-corrected chi connectivity index (χ1v) is 22.0. The van der Waals surface area contributed by atoms with Gasteiger partial charge in [-0.05, 0) is 106 Å². The van der Waals surface area contributed by atoms with E-state index in [1.54, 1.807) is 18.2 Å². The Kier molecular flexibility index (Phi) is 12.7. The molecule has 13 heteroatoms. The third-order valence-corrected chi connectivity index (χ3v) is 12.4. The molecule has 3 aromatic heterocycles. The van der Waals surface area contributed by atoms with Crippen LogP contribution < -0.4 is 16.0 Å². The van der Waals surface area contributed by atoms with Crippen LogP contribution in [-0.4, -0.2) is 67.4 Å². The highest BCUT2D eigenvalue weighted by atomic mass is 16.5. The largest absolute Gasteiger partial charge is 0.384 e. The van der Waals surface area contributed by atoms with Crippen LogP contribution in [0.15, 0.2) is 65.3 Å². The van der Waals surface area contributed by atoms with E-state index < -0.39 is 17.9 Å². The third-order valence-electron chi connectivity index (χ3n) is 12.4. The molecule has 0 radical (unpaired) electrons. The van der Waals surface area contributed by atoms with Crippen molar-refractivity contribution in [3.63, 3.8) is 0 Å². The van der Waals surface area contributed by atoms with Gasteiger partial charge in [0.15, 0.2) is 5.78 Å². The monoisotopic (exact) mass is 825 g/mol. The summed E-state index contributed by atoms with van der Waals surface area (Å²) in [5, 5.41) is 14.4. The molecule has 5 aromatic rings. The van der Waals surface area contributed by atoms with Crippen molar-refractivity contribution in [1.29, 1.82) is 0 Å². The topological polar surface area (TPSA) is 168 Å². The van der Waals surface area contributed by atoms with Crippen LogP contribution in [0.4, 0.5) is 17.2 Å². The zero-order valence-electron chi connectivity index (χ0n) is 35.2. The first-order valence-electron chi connectivity index (χ1n) is 22.0. The van der Waals surface area contributed by atoms with Crippen LogP contribution >= 0.6 is 0 Å². The molecule has 2 saturated carbocycles. The maximum Gasteiger partial charge on any atom is 0.264 e. The first-order chi connectivity index (χ1) is 29.6. The van der Waals surface area contributed by atoms with E-state index in [1.807, 2.05) is 26.0 Å². The van der Waals surface area contributed by atoms with Crippen molar-refractivity contribution in [2.45, 2.75) is 129 Å². The Morgan fingerprint density at radius 2 is 1.64 bits per heavy atom. The van der Waals surface area contributed by atoms with Gasteiger partial charge < -0.3 is 20.5 Å². The molecule has 0 bridgehead atoms. The fourth-order valence-corrected chi connectivity index (χ4v) is 9.18. The number of carbonyl (C=O) groups excluding carboxylic acids is 5. The van der Waals surface area contributed by atoms with Gasteiger partial charge >= 0.3 is 0 Å². The summed E-state index contributed by atoms with van der Waals surface area (Å²) in [6.45, 7) is 4.52. The highest BCUT2D eigenvalue weighted by Crippen LogP contribution is 2.34. The maximum atomic E-state index is 13.3. The second kappa shape index (κ2) is 18.7. The summed E-state index contributed by atoms with van der Waals surface area (Å²) in [4.78, 5) is 69.7. The molecule has 2 aliphatic carbocycles. The van der Waals surface area contributed by atoms with Gasteiger partial charge in [0.2, 0.25) is 5.91 Å². The minimum atomic E-state index is -0.884. The number of amides is 3. The number of ketones is 2. The quantitative estimate of drug-likeness (QED) is 0.0468. The number of hydrogen-bond acceptors (Lipinski definition) is 10. The molecule has 1 aliphatic heterocycles. The number of fused-ring (bicyclic) bond motifs is 2. The number of carbonyl (C=O) groups is 5. The average Bonchev–Trinajstić information content (AvgIpc) is 3.87. The number of nitrogens with zero attached hydrogens (tertiary/aromatic N) is 4. The molecular weight excluding hydrogens is 771 g/mol. The third kappa shape index (κ3) is 9.30. The van der Waals surface area contributed by atoms with Crippen molar-refractivity contribution in [2.75, 3.05) is 22.5 Å². The minimum absolute atomic E-state index is 0.00113. The van der Waals surface area contributed by atoms with Gasteiger partial charge in [-0.2, -0.15) is 0 Å². The fraction of sp³-hybridized carbons (Fsp3) is 0.438. The van der Waals surface area contributed by atoms with Gasteiger partial charge in [-0.15, -0.1) is 0 Å². The Labute approximate surface area is 356 Å². The summed E-state index contributed by atoms with van der Waals surface area (Å²) in [7, 11) is 0. The van der Waals surface area contributed by atoms with Crippen LogP contribution in [0.1, 0.15) is 133 Å². The van der Waals surface area contributed by atoms with Crippen molar-refractivity contribution in [3.05, 3.63) is 94.6 Å². The van der Waals surface area contributed by atoms with E-state index in [9.17, 15) is 24.0 Å². The predicted molar refractivity (Wildman–Crippen MR) is 234 cm³/mol. The van der Waals surface area contributed by atoms with E-state index >= 15 is 0 Å². The second-order valence-electron chi connectivity index (χ2n) is 16.9. The Balaban J connectivity index is 0.769. The highest BCUT2D eigenvalue weighted by molar-refractivity contribution is 6.25. The fourth-order valence-electron chi connectivity index (χ4n) is 9.18. The van der Waals surface area contributed by atoms with Crippen LogP contribution in [0.2, 0.25) is 0 Å². The molecule has 13 nitrogen and oxygen atoms in total. The Morgan fingerprint density at radius 3 is 2.41 bits per heavy atom. The number of nitrogens with one attached hydrogen (secondary N) is 3.